The van der Waals surface area contributed by atoms with Crippen molar-refractivity contribution >= 4 is 28.7 Å². The van der Waals surface area contributed by atoms with Gasteiger partial charge in [-0.25, -0.2) is 4.79 Å². The molecular weight excluding hydrogens is 376 g/mol. The number of amides is 1. The zero-order chi connectivity index (χ0) is 20.8. The van der Waals surface area contributed by atoms with Crippen LogP contribution in [-0.4, -0.2) is 22.0 Å². The zero-order valence-corrected chi connectivity index (χ0v) is 17.9. The van der Waals surface area contributed by atoms with E-state index >= 15 is 0 Å². The van der Waals surface area contributed by atoms with Gasteiger partial charge in [0.1, 0.15) is 5.82 Å². The molecule has 0 radical (unpaired) electrons. The van der Waals surface area contributed by atoms with Crippen molar-refractivity contribution in [3.63, 3.8) is 0 Å². The molecule has 8 heteroatoms. The van der Waals surface area contributed by atoms with Crippen molar-refractivity contribution in [2.45, 2.75) is 59.9 Å². The van der Waals surface area contributed by atoms with E-state index in [1.807, 2.05) is 25.3 Å². The van der Waals surface area contributed by atoms with Crippen LogP contribution >= 0.6 is 11.3 Å². The molecule has 2 aromatic rings. The van der Waals surface area contributed by atoms with E-state index in [-0.39, 0.29) is 17.4 Å². The van der Waals surface area contributed by atoms with Gasteiger partial charge in [0.25, 0.3) is 11.5 Å². The van der Waals surface area contributed by atoms with E-state index in [1.165, 1.54) is 20.8 Å². The topological polar surface area (TPSA) is 101 Å². The second-order valence-electron chi connectivity index (χ2n) is 7.27. The molecule has 2 aromatic heterocycles. The smallest absolute Gasteiger partial charge is 0.330 e. The maximum Gasteiger partial charge on any atom is 0.330 e. The number of H-pyrrole nitrogens is 1. The lowest BCUT2D eigenvalue weighted by Crippen LogP contribution is -2.42. The number of unbranched alkanes of at least 4 members (excludes halogenated alkanes) is 1. The van der Waals surface area contributed by atoms with Crippen molar-refractivity contribution in [1.29, 1.82) is 0 Å². The molecule has 3 N–H and O–H groups in total. The van der Waals surface area contributed by atoms with Crippen molar-refractivity contribution in [1.82, 2.24) is 9.55 Å². The number of rotatable bonds is 9. The largest absolute Gasteiger partial charge is 0.383 e. The molecule has 0 spiro atoms. The van der Waals surface area contributed by atoms with Crippen LogP contribution in [0.1, 0.15) is 62.2 Å². The van der Waals surface area contributed by atoms with E-state index in [4.69, 9.17) is 5.73 Å². The average molecular weight is 407 g/mol. The standard InChI is InChI=1S/C20H30N4O3S/c1-5-7-10-24-17(21)15(18(25)22-20(24)27)23(11-8-13(3)4)19(26)16-14(6-2)9-12-28-16/h9,12-13H,5-8,10-11,21H2,1-4H3,(H,22,25,27). The third kappa shape index (κ3) is 4.73. The van der Waals surface area contributed by atoms with Crippen molar-refractivity contribution in [2.75, 3.05) is 17.2 Å². The number of anilines is 2. The maximum atomic E-state index is 13.4. The van der Waals surface area contributed by atoms with Gasteiger partial charge in [0.05, 0.1) is 4.88 Å². The van der Waals surface area contributed by atoms with Crippen LogP contribution in [0.4, 0.5) is 11.5 Å². The van der Waals surface area contributed by atoms with Crippen molar-refractivity contribution in [3.05, 3.63) is 42.7 Å². The highest BCUT2D eigenvalue weighted by Gasteiger charge is 2.27. The highest BCUT2D eigenvalue weighted by atomic mass is 32.1. The van der Waals surface area contributed by atoms with Gasteiger partial charge in [0.15, 0.2) is 5.69 Å². The van der Waals surface area contributed by atoms with Gasteiger partial charge in [-0.05, 0) is 42.2 Å². The van der Waals surface area contributed by atoms with Gasteiger partial charge in [-0.15, -0.1) is 11.3 Å². The van der Waals surface area contributed by atoms with Crippen molar-refractivity contribution in [2.24, 2.45) is 5.92 Å². The number of aromatic amines is 1. The lowest BCUT2D eigenvalue weighted by atomic mass is 10.1. The zero-order valence-electron chi connectivity index (χ0n) is 17.1. The van der Waals surface area contributed by atoms with Crippen LogP contribution < -0.4 is 21.9 Å². The average Bonchev–Trinajstić information content (AvgIpc) is 3.12. The molecule has 1 amide bonds. The van der Waals surface area contributed by atoms with Gasteiger partial charge >= 0.3 is 5.69 Å². The Kier molecular flexibility index (Phi) is 7.62. The Bertz CT molecular complexity index is 926. The first kappa shape index (κ1) is 21.9. The number of aryl methyl sites for hydroxylation is 1. The minimum Gasteiger partial charge on any atom is -0.383 e. The molecule has 0 saturated carbocycles. The monoisotopic (exact) mass is 406 g/mol. The molecule has 0 aromatic carbocycles. The van der Waals surface area contributed by atoms with E-state index < -0.39 is 11.2 Å². The molecule has 0 bridgehead atoms. The molecule has 0 aliphatic rings. The van der Waals surface area contributed by atoms with Gasteiger partial charge in [0, 0.05) is 13.1 Å². The van der Waals surface area contributed by atoms with E-state index in [1.54, 1.807) is 0 Å². The summed E-state index contributed by atoms with van der Waals surface area (Å²) in [5.74, 6) is 0.148. The Labute approximate surface area is 169 Å². The molecule has 2 heterocycles. The van der Waals surface area contributed by atoms with E-state index in [0.717, 1.165) is 24.8 Å². The second kappa shape index (κ2) is 9.73. The fourth-order valence-corrected chi connectivity index (χ4v) is 3.95. The SMILES string of the molecule is CCCCn1c(N)c(N(CCC(C)C)C(=O)c2sccc2CC)c(=O)[nH]c1=O. The van der Waals surface area contributed by atoms with Crippen LogP contribution in [0.3, 0.4) is 0 Å². The maximum absolute atomic E-state index is 13.4. The molecule has 0 aliphatic carbocycles. The Balaban J connectivity index is 2.59. The number of carbonyl (C=O) groups is 1. The van der Waals surface area contributed by atoms with Crippen molar-refractivity contribution in [3.8, 4) is 0 Å². The van der Waals surface area contributed by atoms with Crippen LogP contribution in [0.2, 0.25) is 0 Å². The third-order valence-corrected chi connectivity index (χ3v) is 5.66. The van der Waals surface area contributed by atoms with Crippen LogP contribution in [0.5, 0.6) is 0 Å². The summed E-state index contributed by atoms with van der Waals surface area (Å²) < 4.78 is 1.35. The third-order valence-electron chi connectivity index (χ3n) is 4.72. The Morgan fingerprint density at radius 2 is 2.04 bits per heavy atom. The molecule has 0 fully saturated rings. The van der Waals surface area contributed by atoms with Crippen LogP contribution in [0.15, 0.2) is 21.0 Å². The number of carbonyl (C=O) groups excluding carboxylic acids is 1. The second-order valence-corrected chi connectivity index (χ2v) is 8.18. The minimum absolute atomic E-state index is 0.0499. The van der Waals surface area contributed by atoms with Crippen LogP contribution in [0.25, 0.3) is 0 Å². The minimum atomic E-state index is -0.623. The summed E-state index contributed by atoms with van der Waals surface area (Å²) in [6.07, 6.45) is 3.07. The van der Waals surface area contributed by atoms with Gasteiger partial charge < -0.3 is 5.73 Å². The molecule has 2 rings (SSSR count). The molecular formula is C20H30N4O3S. The summed E-state index contributed by atoms with van der Waals surface area (Å²) in [5.41, 5.74) is 6.09. The molecule has 0 atom stereocenters. The number of nitrogens with two attached hydrogens (primary N) is 1. The summed E-state index contributed by atoms with van der Waals surface area (Å²) in [5, 5.41) is 1.88. The molecule has 7 nitrogen and oxygen atoms in total. The van der Waals surface area contributed by atoms with Gasteiger partial charge in [-0.1, -0.05) is 34.1 Å². The van der Waals surface area contributed by atoms with E-state index in [9.17, 15) is 14.4 Å². The quantitative estimate of drug-likeness (QED) is 0.667. The molecule has 28 heavy (non-hydrogen) atoms. The fraction of sp³-hybridized carbons (Fsp3) is 0.550. The van der Waals surface area contributed by atoms with E-state index in [2.05, 4.69) is 18.8 Å². The summed E-state index contributed by atoms with van der Waals surface area (Å²) in [7, 11) is 0. The molecule has 0 unspecified atom stereocenters. The Morgan fingerprint density at radius 3 is 2.64 bits per heavy atom. The summed E-state index contributed by atoms with van der Waals surface area (Å²) in [6, 6.07) is 1.92. The fourth-order valence-electron chi connectivity index (χ4n) is 3.00. The lowest BCUT2D eigenvalue weighted by Gasteiger charge is -2.25. The van der Waals surface area contributed by atoms with Crippen LogP contribution in [-0.2, 0) is 13.0 Å². The number of nitrogen functional groups attached to an aromatic ring is 1. The Hall–Kier alpha value is -2.35. The van der Waals surface area contributed by atoms with E-state index in [0.29, 0.717) is 30.3 Å². The molecule has 0 saturated heterocycles. The first-order valence-corrected chi connectivity index (χ1v) is 10.7. The predicted molar refractivity (Wildman–Crippen MR) is 115 cm³/mol. The normalized spacial score (nSPS) is 11.2. The molecule has 154 valence electrons. The first-order chi connectivity index (χ1) is 13.3. The number of hydrogen-bond donors (Lipinski definition) is 2. The summed E-state index contributed by atoms with van der Waals surface area (Å²) in [6.45, 7) is 8.87. The van der Waals surface area contributed by atoms with Gasteiger partial charge in [-0.3, -0.25) is 24.0 Å². The van der Waals surface area contributed by atoms with Gasteiger partial charge in [-0.2, -0.15) is 0 Å². The highest BCUT2D eigenvalue weighted by Crippen LogP contribution is 2.25. The van der Waals surface area contributed by atoms with Gasteiger partial charge in [0.2, 0.25) is 0 Å². The summed E-state index contributed by atoms with van der Waals surface area (Å²) >= 11 is 1.36. The number of nitrogens with one attached hydrogen (secondary N) is 1. The number of nitrogens with zero attached hydrogens (tertiary/aromatic N) is 2. The predicted octanol–water partition coefficient (Wildman–Crippen LogP) is 3.24. The number of thiophene rings is 1. The number of hydrogen-bond acceptors (Lipinski definition) is 5. The molecule has 0 aliphatic heterocycles. The first-order valence-electron chi connectivity index (χ1n) is 9.82. The number of aromatic nitrogens is 2. The lowest BCUT2D eigenvalue weighted by molar-refractivity contribution is 0.0988. The summed E-state index contributed by atoms with van der Waals surface area (Å²) in [4.78, 5) is 42.6. The van der Waals surface area contributed by atoms with Crippen LogP contribution in [0, 0.1) is 5.92 Å². The highest BCUT2D eigenvalue weighted by molar-refractivity contribution is 7.12. The van der Waals surface area contributed by atoms with Crippen molar-refractivity contribution < 1.29 is 4.79 Å². The Morgan fingerprint density at radius 1 is 1.32 bits per heavy atom.